The number of amides is 2. The molecule has 1 aliphatic heterocycles. The molecule has 0 atom stereocenters. The van der Waals surface area contributed by atoms with Gasteiger partial charge in [0.25, 0.3) is 0 Å². The highest BCUT2D eigenvalue weighted by Crippen LogP contribution is 2.41. The predicted molar refractivity (Wildman–Crippen MR) is 132 cm³/mol. The summed E-state index contributed by atoms with van der Waals surface area (Å²) in [6.07, 6.45) is 0.156. The van der Waals surface area contributed by atoms with Crippen molar-refractivity contribution in [3.63, 3.8) is 0 Å². The Kier molecular flexibility index (Phi) is 5.60. The lowest BCUT2D eigenvalue weighted by molar-refractivity contribution is -0.123. The summed E-state index contributed by atoms with van der Waals surface area (Å²) in [5, 5.41) is 13.7. The fourth-order valence-corrected chi connectivity index (χ4v) is 4.67. The van der Waals surface area contributed by atoms with E-state index >= 15 is 0 Å². The van der Waals surface area contributed by atoms with E-state index in [1.54, 1.807) is 36.4 Å². The Balaban J connectivity index is 1.47. The molecule has 8 heteroatoms. The second-order valence-electron chi connectivity index (χ2n) is 7.93. The number of carbonyl (C=O) groups excluding carboxylic acids is 2. The lowest BCUT2D eigenvalue weighted by atomic mass is 10.0. The second kappa shape index (κ2) is 8.57. The zero-order valence-electron chi connectivity index (χ0n) is 17.4. The van der Waals surface area contributed by atoms with Gasteiger partial charge < -0.3 is 20.3 Å². The van der Waals surface area contributed by atoms with E-state index in [-0.39, 0.29) is 30.5 Å². The normalized spacial score (nSPS) is 12.9. The number of hydrogen-bond acceptors (Lipinski definition) is 3. The first kappa shape index (κ1) is 21.6. The van der Waals surface area contributed by atoms with E-state index in [0.717, 1.165) is 37.8 Å². The van der Waals surface area contributed by atoms with E-state index in [4.69, 9.17) is 11.6 Å². The summed E-state index contributed by atoms with van der Waals surface area (Å²) in [6, 6.07) is 17.9. The van der Waals surface area contributed by atoms with Crippen LogP contribution in [0.4, 0.5) is 5.69 Å². The average molecular weight is 525 g/mol. The fraction of sp³-hybridized carbons (Fsp3) is 0.120. The molecule has 166 valence electrons. The number of H-pyrrole nitrogens is 1. The van der Waals surface area contributed by atoms with Crippen molar-refractivity contribution in [2.75, 3.05) is 11.4 Å². The number of rotatable bonds is 4. The van der Waals surface area contributed by atoms with Crippen LogP contribution < -0.4 is 10.2 Å². The van der Waals surface area contributed by atoms with Crippen LogP contribution in [0, 0.1) is 0 Å². The van der Waals surface area contributed by atoms with Crippen molar-refractivity contribution in [2.45, 2.75) is 13.0 Å². The molecule has 1 aromatic heterocycles. The van der Waals surface area contributed by atoms with Crippen molar-refractivity contribution in [1.29, 1.82) is 0 Å². The molecule has 5 rings (SSSR count). The zero-order valence-corrected chi connectivity index (χ0v) is 19.7. The Morgan fingerprint density at radius 2 is 1.91 bits per heavy atom. The van der Waals surface area contributed by atoms with Crippen LogP contribution in [-0.4, -0.2) is 28.4 Å². The van der Waals surface area contributed by atoms with Gasteiger partial charge in [-0.25, -0.2) is 0 Å². The molecule has 0 aliphatic carbocycles. The molecule has 0 bridgehead atoms. The number of nitrogens with one attached hydrogen (secondary N) is 2. The molecule has 0 spiro atoms. The maximum Gasteiger partial charge on any atom is 0.240 e. The third-order valence-electron chi connectivity index (χ3n) is 5.74. The minimum absolute atomic E-state index is 0.129. The van der Waals surface area contributed by atoms with Crippen LogP contribution in [0.2, 0.25) is 5.02 Å². The van der Waals surface area contributed by atoms with Crippen LogP contribution >= 0.6 is 27.5 Å². The molecule has 0 radical (unpaired) electrons. The predicted octanol–water partition coefficient (Wildman–Crippen LogP) is 5.16. The Labute approximate surface area is 203 Å². The van der Waals surface area contributed by atoms with Crippen LogP contribution in [0.1, 0.15) is 11.1 Å². The molecule has 0 fully saturated rings. The monoisotopic (exact) mass is 523 g/mol. The Morgan fingerprint density at radius 1 is 1.12 bits per heavy atom. The van der Waals surface area contributed by atoms with Gasteiger partial charge in [-0.3, -0.25) is 9.59 Å². The number of benzene rings is 3. The van der Waals surface area contributed by atoms with E-state index < -0.39 is 0 Å². The van der Waals surface area contributed by atoms with E-state index in [1.807, 2.05) is 24.3 Å². The van der Waals surface area contributed by atoms with E-state index in [1.165, 1.54) is 4.90 Å². The van der Waals surface area contributed by atoms with Crippen molar-refractivity contribution in [3.8, 4) is 17.0 Å². The Morgan fingerprint density at radius 3 is 2.70 bits per heavy atom. The average Bonchev–Trinajstić information content (AvgIpc) is 3.09. The van der Waals surface area contributed by atoms with E-state index in [0.29, 0.717) is 17.3 Å². The van der Waals surface area contributed by atoms with Crippen LogP contribution in [0.5, 0.6) is 5.75 Å². The lowest BCUT2D eigenvalue weighted by Gasteiger charge is -2.23. The van der Waals surface area contributed by atoms with Crippen molar-refractivity contribution in [3.05, 3.63) is 81.3 Å². The highest BCUT2D eigenvalue weighted by molar-refractivity contribution is 9.10. The topological polar surface area (TPSA) is 85.4 Å². The number of anilines is 1. The number of hydrogen-bond donors (Lipinski definition) is 3. The fourth-order valence-electron chi connectivity index (χ4n) is 4.14. The Bertz CT molecular complexity index is 1400. The first-order valence-electron chi connectivity index (χ1n) is 10.3. The molecule has 1 aliphatic rings. The lowest BCUT2D eigenvalue weighted by Crippen LogP contribution is -2.41. The summed E-state index contributed by atoms with van der Waals surface area (Å²) in [4.78, 5) is 31.1. The van der Waals surface area contributed by atoms with Gasteiger partial charge in [-0.15, -0.1) is 0 Å². The van der Waals surface area contributed by atoms with Gasteiger partial charge in [-0.2, -0.15) is 0 Å². The van der Waals surface area contributed by atoms with Gasteiger partial charge in [0.15, 0.2) is 0 Å². The van der Waals surface area contributed by atoms with Crippen LogP contribution in [0.15, 0.2) is 65.1 Å². The molecule has 33 heavy (non-hydrogen) atoms. The van der Waals surface area contributed by atoms with Gasteiger partial charge >= 0.3 is 0 Å². The molecule has 0 saturated heterocycles. The molecule has 4 aromatic rings. The van der Waals surface area contributed by atoms with E-state index in [2.05, 4.69) is 26.2 Å². The van der Waals surface area contributed by atoms with Crippen LogP contribution in [0.3, 0.4) is 0 Å². The molecule has 3 N–H and O–H groups in total. The smallest absolute Gasteiger partial charge is 0.240 e. The minimum atomic E-state index is -0.291. The number of phenolic OH excluding ortho intramolecular Hbond substituents is 1. The molecular formula is C25H19BrClN3O3. The van der Waals surface area contributed by atoms with Crippen molar-refractivity contribution in [1.82, 2.24) is 10.3 Å². The molecule has 0 saturated carbocycles. The number of phenols is 1. The molecule has 0 unspecified atom stereocenters. The third-order valence-corrected chi connectivity index (χ3v) is 6.47. The molecule has 2 heterocycles. The van der Waals surface area contributed by atoms with Gasteiger partial charge in [0.2, 0.25) is 11.8 Å². The second-order valence-corrected chi connectivity index (χ2v) is 9.28. The number of aromatic nitrogens is 1. The molecule has 3 aromatic carbocycles. The number of carbonyl (C=O) groups is 2. The van der Waals surface area contributed by atoms with Gasteiger partial charge in [-0.1, -0.05) is 39.7 Å². The summed E-state index contributed by atoms with van der Waals surface area (Å²) in [7, 11) is 0. The number of nitrogens with zero attached hydrogens (tertiary/aromatic N) is 1. The van der Waals surface area contributed by atoms with Gasteiger partial charge in [0.05, 0.1) is 17.8 Å². The summed E-state index contributed by atoms with van der Waals surface area (Å²) >= 11 is 9.80. The number of halogens is 2. The summed E-state index contributed by atoms with van der Waals surface area (Å²) in [5.74, 6) is -0.310. The third kappa shape index (κ3) is 4.21. The standard InChI is InChI=1S/C25H19BrClN3O3/c26-15-3-8-21-19(9-15)20-11-24(33)30(22-10-16(27)4-7-18(22)25(20)29-21)13-23(32)28-12-14-1-5-17(31)6-2-14/h1-10,29,31H,11-13H2,(H,28,32). The van der Waals surface area contributed by atoms with Crippen molar-refractivity contribution in [2.24, 2.45) is 0 Å². The highest BCUT2D eigenvalue weighted by Gasteiger charge is 2.30. The molecule has 6 nitrogen and oxygen atoms in total. The first-order chi connectivity index (χ1) is 15.9. The highest BCUT2D eigenvalue weighted by atomic mass is 79.9. The molecule has 2 amide bonds. The maximum absolute atomic E-state index is 13.4. The quantitative estimate of drug-likeness (QED) is 0.345. The number of aromatic hydroxyl groups is 1. The van der Waals surface area contributed by atoms with Gasteiger partial charge in [-0.05, 0) is 59.7 Å². The number of fused-ring (bicyclic) bond motifs is 5. The minimum Gasteiger partial charge on any atom is -0.508 e. The van der Waals surface area contributed by atoms with Crippen molar-refractivity contribution < 1.29 is 14.7 Å². The van der Waals surface area contributed by atoms with Gasteiger partial charge in [0, 0.05) is 32.5 Å². The zero-order chi connectivity index (χ0) is 23.1. The van der Waals surface area contributed by atoms with Crippen LogP contribution in [0.25, 0.3) is 22.2 Å². The summed E-state index contributed by atoms with van der Waals surface area (Å²) in [5.41, 5.74) is 4.95. The largest absolute Gasteiger partial charge is 0.508 e. The van der Waals surface area contributed by atoms with E-state index in [9.17, 15) is 14.7 Å². The Hall–Kier alpha value is -3.29. The van der Waals surface area contributed by atoms with Crippen molar-refractivity contribution >= 4 is 55.9 Å². The summed E-state index contributed by atoms with van der Waals surface area (Å²) in [6.45, 7) is 0.164. The van der Waals surface area contributed by atoms with Crippen LogP contribution in [-0.2, 0) is 22.6 Å². The maximum atomic E-state index is 13.4. The summed E-state index contributed by atoms with van der Waals surface area (Å²) < 4.78 is 0.926. The SMILES string of the molecule is O=C(CN1C(=O)Cc2c([nH]c3ccc(Br)cc23)-c2ccc(Cl)cc21)NCc1ccc(O)cc1. The van der Waals surface area contributed by atoms with Gasteiger partial charge in [0.1, 0.15) is 12.3 Å². The number of aromatic amines is 1. The molecular weight excluding hydrogens is 506 g/mol. The first-order valence-corrected chi connectivity index (χ1v) is 11.5.